The summed E-state index contributed by atoms with van der Waals surface area (Å²) in [6, 6.07) is 18.3. The number of benzene rings is 2. The molecular formula is C17H13N3O. The molecule has 0 aliphatic carbocycles. The number of aromatic amines is 2. The van der Waals surface area contributed by atoms with Gasteiger partial charge in [0.15, 0.2) is 0 Å². The Kier molecular flexibility index (Phi) is 2.54. The van der Waals surface area contributed by atoms with E-state index < -0.39 is 0 Å². The van der Waals surface area contributed by atoms with Gasteiger partial charge in [-0.1, -0.05) is 18.2 Å². The molecule has 4 aromatic rings. The first-order chi connectivity index (χ1) is 10.3. The minimum atomic E-state index is -0.176. The Morgan fingerprint density at radius 3 is 2.19 bits per heavy atom. The van der Waals surface area contributed by atoms with E-state index in [1.807, 2.05) is 42.7 Å². The molecule has 0 aliphatic rings. The zero-order valence-electron chi connectivity index (χ0n) is 11.2. The number of nitrogens with zero attached hydrogens (tertiary/aromatic N) is 1. The lowest BCUT2D eigenvalue weighted by Crippen LogP contribution is -1.99. The van der Waals surface area contributed by atoms with E-state index in [0.717, 1.165) is 27.8 Å². The lowest BCUT2D eigenvalue weighted by molar-refractivity contribution is 1.08. The van der Waals surface area contributed by atoms with Gasteiger partial charge in [-0.05, 0) is 47.5 Å². The van der Waals surface area contributed by atoms with Crippen LogP contribution < -0.4 is 5.69 Å². The fourth-order valence-corrected chi connectivity index (χ4v) is 2.54. The molecule has 2 N–H and O–H groups in total. The molecule has 4 rings (SSSR count). The van der Waals surface area contributed by atoms with Crippen LogP contribution in [0.5, 0.6) is 0 Å². The van der Waals surface area contributed by atoms with Gasteiger partial charge in [-0.3, -0.25) is 0 Å². The van der Waals surface area contributed by atoms with Crippen molar-refractivity contribution >= 4 is 11.0 Å². The Morgan fingerprint density at radius 1 is 0.762 bits per heavy atom. The van der Waals surface area contributed by atoms with E-state index in [-0.39, 0.29) is 5.69 Å². The molecule has 0 saturated carbocycles. The van der Waals surface area contributed by atoms with Crippen LogP contribution in [-0.2, 0) is 0 Å². The second-order valence-electron chi connectivity index (χ2n) is 4.98. The molecule has 0 fully saturated rings. The number of hydrogen-bond acceptors (Lipinski definition) is 1. The molecule has 0 saturated heterocycles. The summed E-state index contributed by atoms with van der Waals surface area (Å²) >= 11 is 0. The first-order valence-electron chi connectivity index (χ1n) is 6.75. The Balaban J connectivity index is 1.75. The number of H-pyrrole nitrogens is 2. The van der Waals surface area contributed by atoms with Gasteiger partial charge in [0.25, 0.3) is 0 Å². The SMILES string of the molecule is O=c1[nH]c2ccc(-c3ccc(-n4cccc4)cc3)cc2[nH]1. The third-order valence-corrected chi connectivity index (χ3v) is 3.62. The highest BCUT2D eigenvalue weighted by atomic mass is 16.1. The van der Waals surface area contributed by atoms with Gasteiger partial charge in [0, 0.05) is 18.1 Å². The molecule has 4 heteroatoms. The Labute approximate surface area is 120 Å². The van der Waals surface area contributed by atoms with Crippen LogP contribution in [0.25, 0.3) is 27.8 Å². The fourth-order valence-electron chi connectivity index (χ4n) is 2.54. The maximum absolute atomic E-state index is 11.3. The van der Waals surface area contributed by atoms with Crippen LogP contribution in [-0.4, -0.2) is 14.5 Å². The Hall–Kier alpha value is -3.01. The second-order valence-corrected chi connectivity index (χ2v) is 4.98. The van der Waals surface area contributed by atoms with E-state index in [9.17, 15) is 4.79 Å². The zero-order chi connectivity index (χ0) is 14.2. The van der Waals surface area contributed by atoms with Crippen LogP contribution in [0.1, 0.15) is 0 Å². The van der Waals surface area contributed by atoms with E-state index in [1.165, 1.54) is 0 Å². The molecule has 2 heterocycles. The van der Waals surface area contributed by atoms with E-state index in [1.54, 1.807) is 0 Å². The average Bonchev–Trinajstić information content (AvgIpc) is 3.15. The summed E-state index contributed by atoms with van der Waals surface area (Å²) in [4.78, 5) is 16.8. The van der Waals surface area contributed by atoms with Crippen molar-refractivity contribution < 1.29 is 0 Å². The first kappa shape index (κ1) is 11.8. The highest BCUT2D eigenvalue weighted by Crippen LogP contribution is 2.23. The summed E-state index contributed by atoms with van der Waals surface area (Å²) in [6.45, 7) is 0. The highest BCUT2D eigenvalue weighted by Gasteiger charge is 2.03. The quantitative estimate of drug-likeness (QED) is 0.579. The van der Waals surface area contributed by atoms with E-state index in [0.29, 0.717) is 0 Å². The fraction of sp³-hybridized carbons (Fsp3) is 0. The predicted molar refractivity (Wildman–Crippen MR) is 83.7 cm³/mol. The van der Waals surface area contributed by atoms with E-state index in [4.69, 9.17) is 0 Å². The van der Waals surface area contributed by atoms with Crippen molar-refractivity contribution in [3.05, 3.63) is 77.5 Å². The molecular weight excluding hydrogens is 262 g/mol. The van der Waals surface area contributed by atoms with Crippen LogP contribution in [0.4, 0.5) is 0 Å². The molecule has 2 aromatic carbocycles. The van der Waals surface area contributed by atoms with Crippen LogP contribution >= 0.6 is 0 Å². The summed E-state index contributed by atoms with van der Waals surface area (Å²) in [5, 5.41) is 0. The topological polar surface area (TPSA) is 53.6 Å². The smallest absolute Gasteiger partial charge is 0.323 e. The molecule has 21 heavy (non-hydrogen) atoms. The molecule has 0 radical (unpaired) electrons. The highest BCUT2D eigenvalue weighted by molar-refractivity contribution is 5.81. The molecule has 102 valence electrons. The number of rotatable bonds is 2. The molecule has 0 atom stereocenters. The number of hydrogen-bond donors (Lipinski definition) is 2. The first-order valence-corrected chi connectivity index (χ1v) is 6.75. The van der Waals surface area contributed by atoms with E-state index >= 15 is 0 Å². The maximum Gasteiger partial charge on any atom is 0.323 e. The summed E-state index contributed by atoms with van der Waals surface area (Å²) in [5.41, 5.74) is 4.80. The number of fused-ring (bicyclic) bond motifs is 1. The van der Waals surface area contributed by atoms with Gasteiger partial charge in [-0.15, -0.1) is 0 Å². The van der Waals surface area contributed by atoms with Crippen molar-refractivity contribution in [2.24, 2.45) is 0 Å². The van der Waals surface area contributed by atoms with Gasteiger partial charge in [-0.2, -0.15) is 0 Å². The van der Waals surface area contributed by atoms with Crippen LogP contribution in [0.15, 0.2) is 71.8 Å². The lowest BCUT2D eigenvalue weighted by Gasteiger charge is -2.06. The summed E-state index contributed by atoms with van der Waals surface area (Å²) < 4.78 is 2.07. The van der Waals surface area contributed by atoms with Gasteiger partial charge in [-0.25, -0.2) is 4.79 Å². The summed E-state index contributed by atoms with van der Waals surface area (Å²) in [5.74, 6) is 0. The van der Waals surface area contributed by atoms with Gasteiger partial charge in [0.2, 0.25) is 0 Å². The number of nitrogens with one attached hydrogen (secondary N) is 2. The number of imidazole rings is 1. The monoisotopic (exact) mass is 275 g/mol. The second kappa shape index (κ2) is 4.52. The molecule has 0 aliphatic heterocycles. The molecule has 0 unspecified atom stereocenters. The van der Waals surface area contributed by atoms with Crippen LogP contribution in [0, 0.1) is 0 Å². The molecule has 0 bridgehead atoms. The third kappa shape index (κ3) is 2.07. The van der Waals surface area contributed by atoms with Crippen molar-refractivity contribution in [1.82, 2.24) is 14.5 Å². The van der Waals surface area contributed by atoms with Gasteiger partial charge in [0.1, 0.15) is 0 Å². The van der Waals surface area contributed by atoms with Crippen molar-refractivity contribution in [2.75, 3.05) is 0 Å². The average molecular weight is 275 g/mol. The normalized spacial score (nSPS) is 11.0. The zero-order valence-corrected chi connectivity index (χ0v) is 11.2. The van der Waals surface area contributed by atoms with Crippen LogP contribution in [0.3, 0.4) is 0 Å². The van der Waals surface area contributed by atoms with Crippen molar-refractivity contribution in [3.8, 4) is 16.8 Å². The molecule has 4 nitrogen and oxygen atoms in total. The molecule has 0 amide bonds. The third-order valence-electron chi connectivity index (χ3n) is 3.62. The van der Waals surface area contributed by atoms with Crippen LogP contribution in [0.2, 0.25) is 0 Å². The minimum absolute atomic E-state index is 0.176. The summed E-state index contributed by atoms with van der Waals surface area (Å²) in [7, 11) is 0. The largest absolute Gasteiger partial charge is 0.324 e. The van der Waals surface area contributed by atoms with Gasteiger partial charge < -0.3 is 14.5 Å². The van der Waals surface area contributed by atoms with Crippen molar-refractivity contribution in [3.63, 3.8) is 0 Å². The standard InChI is InChI=1S/C17H13N3O/c21-17-18-15-8-5-13(11-16(15)19-17)12-3-6-14(7-4-12)20-9-1-2-10-20/h1-11H,(H2,18,19,21). The van der Waals surface area contributed by atoms with Crippen molar-refractivity contribution in [1.29, 1.82) is 0 Å². The maximum atomic E-state index is 11.3. The molecule has 0 spiro atoms. The van der Waals surface area contributed by atoms with E-state index in [2.05, 4.69) is 38.8 Å². The minimum Gasteiger partial charge on any atom is -0.324 e. The van der Waals surface area contributed by atoms with Gasteiger partial charge in [0.05, 0.1) is 11.0 Å². The Bertz CT molecular complexity index is 944. The summed E-state index contributed by atoms with van der Waals surface area (Å²) in [6.07, 6.45) is 4.04. The predicted octanol–water partition coefficient (Wildman–Crippen LogP) is 3.31. The lowest BCUT2D eigenvalue weighted by atomic mass is 10.0. The number of aromatic nitrogens is 3. The molecule has 2 aromatic heterocycles. The van der Waals surface area contributed by atoms with Crippen molar-refractivity contribution in [2.45, 2.75) is 0 Å². The van der Waals surface area contributed by atoms with Gasteiger partial charge >= 0.3 is 5.69 Å². The Morgan fingerprint density at radius 2 is 1.43 bits per heavy atom.